The molecule has 0 aromatic carbocycles. The van der Waals surface area contributed by atoms with Crippen LogP contribution in [0.2, 0.25) is 0 Å². The van der Waals surface area contributed by atoms with E-state index in [-0.39, 0.29) is 52.9 Å². The molecular formula is C13H20BN6O5. The molecule has 0 bridgehead atoms. The summed E-state index contributed by atoms with van der Waals surface area (Å²) in [6, 6.07) is 0. The summed E-state index contributed by atoms with van der Waals surface area (Å²) in [5, 5.41) is 13.3. The summed E-state index contributed by atoms with van der Waals surface area (Å²) in [6.07, 6.45) is 0.970. The van der Waals surface area contributed by atoms with E-state index in [1.54, 1.807) is 0 Å². The standard InChI is InChI=1S/C12H16N6O5.CH4.B/c1-13-7(20)4-8(21)15-12-16-10-9(11(22)17-12)14-5-18(10)6-23-3-2-19;;/h5,19H,2-4,6H2,1H3,(H,13,20)(H2,15,16,17,21,22);1H4;. The number of fused-ring (bicyclic) bond motifs is 1. The van der Waals surface area contributed by atoms with Crippen LogP contribution in [0, 0.1) is 0 Å². The first-order chi connectivity index (χ1) is 11.0. The number of nitrogens with one attached hydrogen (secondary N) is 3. The quantitative estimate of drug-likeness (QED) is 0.267. The molecule has 0 aliphatic rings. The largest absolute Gasteiger partial charge is 0.394 e. The van der Waals surface area contributed by atoms with Crippen molar-refractivity contribution in [1.82, 2.24) is 24.8 Å². The minimum Gasteiger partial charge on any atom is -0.394 e. The van der Waals surface area contributed by atoms with Gasteiger partial charge in [0.2, 0.25) is 17.8 Å². The zero-order chi connectivity index (χ0) is 16.8. The van der Waals surface area contributed by atoms with Crippen molar-refractivity contribution in [2.45, 2.75) is 20.6 Å². The highest BCUT2D eigenvalue weighted by atomic mass is 16.5. The Morgan fingerprint density at radius 2 is 2.12 bits per heavy atom. The lowest BCUT2D eigenvalue weighted by molar-refractivity contribution is -0.126. The molecule has 135 valence electrons. The molecule has 2 amide bonds. The summed E-state index contributed by atoms with van der Waals surface area (Å²) in [7, 11) is 1.41. The van der Waals surface area contributed by atoms with E-state index in [9.17, 15) is 14.4 Å². The highest BCUT2D eigenvalue weighted by Gasteiger charge is 2.13. The van der Waals surface area contributed by atoms with E-state index in [2.05, 4.69) is 25.6 Å². The first-order valence-electron chi connectivity index (χ1n) is 6.69. The fourth-order valence-electron chi connectivity index (χ4n) is 1.75. The van der Waals surface area contributed by atoms with Gasteiger partial charge in [-0.25, -0.2) is 4.98 Å². The maximum absolute atomic E-state index is 11.9. The predicted octanol–water partition coefficient (Wildman–Crippen LogP) is -1.58. The van der Waals surface area contributed by atoms with Crippen LogP contribution < -0.4 is 16.2 Å². The van der Waals surface area contributed by atoms with Gasteiger partial charge in [-0.1, -0.05) is 7.43 Å². The number of aliphatic hydroxyl groups excluding tert-OH is 1. The third kappa shape index (κ3) is 5.69. The molecule has 0 atom stereocenters. The van der Waals surface area contributed by atoms with Crippen molar-refractivity contribution >= 4 is 37.3 Å². The van der Waals surface area contributed by atoms with Gasteiger partial charge in [-0.05, 0) is 0 Å². The lowest BCUT2D eigenvalue weighted by atomic mass is 10.4. The normalized spacial score (nSPS) is 9.84. The number of ether oxygens (including phenoxy) is 1. The summed E-state index contributed by atoms with van der Waals surface area (Å²) in [4.78, 5) is 45.1. The highest BCUT2D eigenvalue weighted by Crippen LogP contribution is 2.08. The van der Waals surface area contributed by atoms with Gasteiger partial charge in [-0.3, -0.25) is 29.3 Å². The molecule has 0 aliphatic carbocycles. The Balaban J connectivity index is 0.00000288. The Morgan fingerprint density at radius 1 is 1.40 bits per heavy atom. The van der Waals surface area contributed by atoms with Crippen molar-refractivity contribution in [1.29, 1.82) is 0 Å². The minimum atomic E-state index is -0.616. The molecule has 0 saturated carbocycles. The number of H-pyrrole nitrogens is 1. The molecule has 0 fully saturated rings. The number of anilines is 1. The molecule has 4 N–H and O–H groups in total. The average molecular weight is 351 g/mol. The van der Waals surface area contributed by atoms with Gasteiger partial charge < -0.3 is 15.2 Å². The fourth-order valence-corrected chi connectivity index (χ4v) is 1.75. The number of carbonyl (C=O) groups excluding carboxylic acids is 2. The van der Waals surface area contributed by atoms with Gasteiger partial charge in [-0.15, -0.1) is 0 Å². The van der Waals surface area contributed by atoms with E-state index >= 15 is 0 Å². The van der Waals surface area contributed by atoms with Gasteiger partial charge in [0.15, 0.2) is 11.2 Å². The Bertz CT molecular complexity index is 774. The third-order valence-corrected chi connectivity index (χ3v) is 2.80. The van der Waals surface area contributed by atoms with E-state index in [1.165, 1.54) is 17.9 Å². The highest BCUT2D eigenvalue weighted by molar-refractivity contribution is 6.02. The predicted molar refractivity (Wildman–Crippen MR) is 91.0 cm³/mol. The van der Waals surface area contributed by atoms with Gasteiger partial charge >= 0.3 is 0 Å². The van der Waals surface area contributed by atoms with Crippen molar-refractivity contribution < 1.29 is 19.4 Å². The second-order valence-electron chi connectivity index (χ2n) is 4.46. The van der Waals surface area contributed by atoms with Crippen LogP contribution in [0.4, 0.5) is 5.95 Å². The fraction of sp³-hybridized carbons (Fsp3) is 0.462. The molecule has 3 radical (unpaired) electrons. The monoisotopic (exact) mass is 351 g/mol. The Labute approximate surface area is 145 Å². The summed E-state index contributed by atoms with van der Waals surface area (Å²) in [5.41, 5.74) is -0.241. The van der Waals surface area contributed by atoms with Gasteiger partial charge in [-0.2, -0.15) is 4.98 Å². The van der Waals surface area contributed by atoms with Crippen molar-refractivity contribution in [3.8, 4) is 0 Å². The van der Waals surface area contributed by atoms with Crippen LogP contribution in [-0.4, -0.2) is 65.1 Å². The SMILES string of the molecule is C.CNC(=O)CC(=O)Nc1nc2c(ncn2COCCO)c(=O)[nH]1.[B]. The number of amides is 2. The number of aromatic amines is 1. The number of hydrogen-bond donors (Lipinski definition) is 4. The first kappa shape index (κ1) is 22.3. The number of rotatable bonds is 7. The maximum Gasteiger partial charge on any atom is 0.280 e. The van der Waals surface area contributed by atoms with Crippen LogP contribution in [0.5, 0.6) is 0 Å². The van der Waals surface area contributed by atoms with Crippen molar-refractivity contribution in [3.63, 3.8) is 0 Å². The van der Waals surface area contributed by atoms with Gasteiger partial charge in [0.1, 0.15) is 13.2 Å². The number of carbonyl (C=O) groups is 2. The second-order valence-corrected chi connectivity index (χ2v) is 4.46. The first-order valence-corrected chi connectivity index (χ1v) is 6.69. The lowest BCUT2D eigenvalue weighted by Crippen LogP contribution is -2.26. The van der Waals surface area contributed by atoms with Crippen molar-refractivity contribution in [2.75, 3.05) is 25.6 Å². The van der Waals surface area contributed by atoms with E-state index in [0.717, 1.165) is 0 Å². The molecule has 2 aromatic rings. The average Bonchev–Trinajstić information content (AvgIpc) is 2.91. The number of aromatic nitrogens is 4. The lowest BCUT2D eigenvalue weighted by Gasteiger charge is -2.06. The topological polar surface area (TPSA) is 151 Å². The molecule has 0 spiro atoms. The van der Waals surface area contributed by atoms with E-state index in [4.69, 9.17) is 9.84 Å². The maximum atomic E-state index is 11.9. The number of imidazole rings is 1. The van der Waals surface area contributed by atoms with Crippen LogP contribution in [0.15, 0.2) is 11.1 Å². The molecule has 0 unspecified atom stereocenters. The number of aliphatic hydroxyl groups is 1. The van der Waals surface area contributed by atoms with E-state index < -0.39 is 23.8 Å². The van der Waals surface area contributed by atoms with Crippen LogP contribution in [0.1, 0.15) is 13.8 Å². The van der Waals surface area contributed by atoms with Crippen molar-refractivity contribution in [2.24, 2.45) is 0 Å². The van der Waals surface area contributed by atoms with Gasteiger partial charge in [0.05, 0.1) is 19.5 Å². The minimum absolute atomic E-state index is 0. The molecule has 12 heteroatoms. The zero-order valence-electron chi connectivity index (χ0n) is 12.9. The summed E-state index contributed by atoms with van der Waals surface area (Å²) < 4.78 is 6.60. The van der Waals surface area contributed by atoms with Crippen LogP contribution in [0.3, 0.4) is 0 Å². The van der Waals surface area contributed by atoms with E-state index in [0.29, 0.717) is 0 Å². The molecular weight excluding hydrogens is 331 g/mol. The smallest absolute Gasteiger partial charge is 0.280 e. The van der Waals surface area contributed by atoms with Crippen LogP contribution in [0.25, 0.3) is 11.2 Å². The van der Waals surface area contributed by atoms with Crippen LogP contribution in [-0.2, 0) is 21.1 Å². The summed E-state index contributed by atoms with van der Waals surface area (Å²) >= 11 is 0. The molecule has 0 saturated heterocycles. The molecule has 25 heavy (non-hydrogen) atoms. The van der Waals surface area contributed by atoms with Gasteiger partial charge in [0.25, 0.3) is 5.56 Å². The molecule has 2 aromatic heterocycles. The van der Waals surface area contributed by atoms with Crippen molar-refractivity contribution in [3.05, 3.63) is 16.7 Å². The Hall–Kier alpha value is -2.73. The molecule has 0 aliphatic heterocycles. The summed E-state index contributed by atoms with van der Waals surface area (Å²) in [5.74, 6) is -1.18. The van der Waals surface area contributed by atoms with Gasteiger partial charge in [0, 0.05) is 15.5 Å². The molecule has 2 heterocycles. The Kier molecular flexibility index (Phi) is 9.09. The zero-order valence-corrected chi connectivity index (χ0v) is 12.9. The third-order valence-electron chi connectivity index (χ3n) is 2.80. The molecule has 2 rings (SSSR count). The summed E-state index contributed by atoms with van der Waals surface area (Å²) in [6.45, 7) is 0.0270. The van der Waals surface area contributed by atoms with E-state index in [1.807, 2.05) is 0 Å². The Morgan fingerprint density at radius 3 is 2.76 bits per heavy atom. The molecule has 11 nitrogen and oxygen atoms in total. The number of nitrogens with zero attached hydrogens (tertiary/aromatic N) is 3. The number of hydrogen-bond acceptors (Lipinski definition) is 7. The second kappa shape index (κ2) is 10.2. The van der Waals surface area contributed by atoms with Crippen LogP contribution >= 0.6 is 0 Å².